The first-order valence-electron chi connectivity index (χ1n) is 7.27. The SMILES string of the molecule is Cc1cc(C)c(Oc2ccc(C(C)(C)O)cc2C)c(C)c1. The van der Waals surface area contributed by atoms with E-state index >= 15 is 0 Å². The van der Waals surface area contributed by atoms with Gasteiger partial charge in [0, 0.05) is 0 Å². The molecule has 0 unspecified atom stereocenters. The summed E-state index contributed by atoms with van der Waals surface area (Å²) in [4.78, 5) is 0. The fourth-order valence-electron chi connectivity index (χ4n) is 2.58. The van der Waals surface area contributed by atoms with Gasteiger partial charge in [0.2, 0.25) is 0 Å². The lowest BCUT2D eigenvalue weighted by Crippen LogP contribution is -2.15. The molecule has 1 N–H and O–H groups in total. The minimum atomic E-state index is -0.834. The molecule has 2 nitrogen and oxygen atoms in total. The van der Waals surface area contributed by atoms with Gasteiger partial charge in [-0.3, -0.25) is 0 Å². The molecule has 0 aromatic heterocycles. The van der Waals surface area contributed by atoms with E-state index in [1.165, 1.54) is 5.56 Å². The van der Waals surface area contributed by atoms with Crippen molar-refractivity contribution in [2.24, 2.45) is 0 Å². The Labute approximate surface area is 127 Å². The fraction of sp³-hybridized carbons (Fsp3) is 0.368. The molecule has 0 bridgehead atoms. The fourth-order valence-corrected chi connectivity index (χ4v) is 2.58. The van der Waals surface area contributed by atoms with Gasteiger partial charge in [-0.25, -0.2) is 0 Å². The lowest BCUT2D eigenvalue weighted by Gasteiger charge is -2.20. The van der Waals surface area contributed by atoms with Crippen molar-refractivity contribution in [1.29, 1.82) is 0 Å². The van der Waals surface area contributed by atoms with Crippen LogP contribution in [0.4, 0.5) is 0 Å². The summed E-state index contributed by atoms with van der Waals surface area (Å²) in [5.41, 5.74) is 4.60. The lowest BCUT2D eigenvalue weighted by molar-refractivity contribution is 0.0785. The minimum Gasteiger partial charge on any atom is -0.457 e. The highest BCUT2D eigenvalue weighted by Gasteiger charge is 2.17. The number of hydrogen-bond donors (Lipinski definition) is 1. The van der Waals surface area contributed by atoms with Gasteiger partial charge in [-0.1, -0.05) is 23.8 Å². The first-order chi connectivity index (χ1) is 9.68. The van der Waals surface area contributed by atoms with Crippen molar-refractivity contribution >= 4 is 0 Å². The number of ether oxygens (including phenoxy) is 1. The second kappa shape index (κ2) is 5.53. The molecule has 0 saturated carbocycles. The third-order valence-corrected chi connectivity index (χ3v) is 3.70. The molecular weight excluding hydrogens is 260 g/mol. The Hall–Kier alpha value is -1.80. The molecule has 0 atom stereocenters. The highest BCUT2D eigenvalue weighted by molar-refractivity contribution is 5.47. The van der Waals surface area contributed by atoms with Gasteiger partial charge in [-0.2, -0.15) is 0 Å². The summed E-state index contributed by atoms with van der Waals surface area (Å²) in [5, 5.41) is 10.1. The number of benzene rings is 2. The molecule has 2 aromatic rings. The van der Waals surface area contributed by atoms with E-state index in [9.17, 15) is 5.11 Å². The predicted molar refractivity (Wildman–Crippen MR) is 87.2 cm³/mol. The summed E-state index contributed by atoms with van der Waals surface area (Å²) in [5.74, 6) is 1.75. The van der Waals surface area contributed by atoms with E-state index in [1.54, 1.807) is 13.8 Å². The van der Waals surface area contributed by atoms with Gasteiger partial charge in [-0.05, 0) is 75.9 Å². The van der Waals surface area contributed by atoms with Crippen molar-refractivity contribution in [3.05, 3.63) is 58.1 Å². The van der Waals surface area contributed by atoms with E-state index in [0.717, 1.165) is 33.8 Å². The van der Waals surface area contributed by atoms with E-state index in [0.29, 0.717) is 0 Å². The summed E-state index contributed by atoms with van der Waals surface area (Å²) in [6.45, 7) is 11.8. The van der Waals surface area contributed by atoms with Crippen LogP contribution < -0.4 is 4.74 Å². The number of rotatable bonds is 3. The molecule has 0 aliphatic heterocycles. The summed E-state index contributed by atoms with van der Waals surface area (Å²) in [6, 6.07) is 10.1. The predicted octanol–water partition coefficient (Wildman–Crippen LogP) is 4.94. The van der Waals surface area contributed by atoms with Gasteiger partial charge in [0.05, 0.1) is 5.60 Å². The molecule has 21 heavy (non-hydrogen) atoms. The van der Waals surface area contributed by atoms with E-state index in [2.05, 4.69) is 32.9 Å². The van der Waals surface area contributed by atoms with Gasteiger partial charge in [-0.15, -0.1) is 0 Å². The highest BCUT2D eigenvalue weighted by Crippen LogP contribution is 2.33. The molecule has 2 rings (SSSR count). The van der Waals surface area contributed by atoms with Crippen molar-refractivity contribution in [2.45, 2.75) is 47.1 Å². The number of hydrogen-bond acceptors (Lipinski definition) is 2. The van der Waals surface area contributed by atoms with Crippen LogP contribution in [0.15, 0.2) is 30.3 Å². The first kappa shape index (κ1) is 15.6. The van der Waals surface area contributed by atoms with Gasteiger partial charge in [0.15, 0.2) is 0 Å². The minimum absolute atomic E-state index is 0.832. The molecule has 0 aliphatic rings. The van der Waals surface area contributed by atoms with Crippen LogP contribution in [0.1, 0.15) is 41.7 Å². The molecule has 2 heteroatoms. The molecule has 0 radical (unpaired) electrons. The van der Waals surface area contributed by atoms with Gasteiger partial charge >= 0.3 is 0 Å². The van der Waals surface area contributed by atoms with Crippen LogP contribution in [-0.2, 0) is 5.60 Å². The molecule has 0 spiro atoms. The Kier molecular flexibility index (Phi) is 4.11. The van der Waals surface area contributed by atoms with Crippen LogP contribution >= 0.6 is 0 Å². The number of aryl methyl sites for hydroxylation is 4. The van der Waals surface area contributed by atoms with E-state index < -0.39 is 5.60 Å². The lowest BCUT2D eigenvalue weighted by atomic mass is 9.96. The van der Waals surface area contributed by atoms with Crippen molar-refractivity contribution in [2.75, 3.05) is 0 Å². The maximum absolute atomic E-state index is 10.1. The third-order valence-electron chi connectivity index (χ3n) is 3.70. The maximum atomic E-state index is 10.1. The molecule has 0 amide bonds. The van der Waals surface area contributed by atoms with Crippen LogP contribution in [0.5, 0.6) is 11.5 Å². The molecule has 0 aliphatic carbocycles. The summed E-state index contributed by atoms with van der Waals surface area (Å²) in [7, 11) is 0. The molecule has 2 aromatic carbocycles. The van der Waals surface area contributed by atoms with Crippen LogP contribution in [0.3, 0.4) is 0 Å². The highest BCUT2D eigenvalue weighted by atomic mass is 16.5. The Morgan fingerprint density at radius 1 is 0.857 bits per heavy atom. The normalized spacial score (nSPS) is 11.6. The van der Waals surface area contributed by atoms with Crippen molar-refractivity contribution in [3.63, 3.8) is 0 Å². The van der Waals surface area contributed by atoms with Crippen LogP contribution in [-0.4, -0.2) is 5.11 Å². The van der Waals surface area contributed by atoms with Gasteiger partial charge in [0.25, 0.3) is 0 Å². The quantitative estimate of drug-likeness (QED) is 0.865. The Morgan fingerprint density at radius 2 is 1.43 bits per heavy atom. The summed E-state index contributed by atoms with van der Waals surface area (Å²) in [6.07, 6.45) is 0. The molecule has 112 valence electrons. The van der Waals surface area contributed by atoms with Gasteiger partial charge < -0.3 is 9.84 Å². The zero-order chi connectivity index (χ0) is 15.8. The largest absolute Gasteiger partial charge is 0.457 e. The van der Waals surface area contributed by atoms with E-state index in [1.807, 2.05) is 25.1 Å². The smallest absolute Gasteiger partial charge is 0.133 e. The Morgan fingerprint density at radius 3 is 1.90 bits per heavy atom. The third kappa shape index (κ3) is 3.45. The average Bonchev–Trinajstić information content (AvgIpc) is 2.33. The maximum Gasteiger partial charge on any atom is 0.133 e. The zero-order valence-electron chi connectivity index (χ0n) is 13.7. The summed E-state index contributed by atoms with van der Waals surface area (Å²) < 4.78 is 6.11. The second-order valence-electron chi connectivity index (χ2n) is 6.37. The van der Waals surface area contributed by atoms with Crippen molar-refractivity contribution in [3.8, 4) is 11.5 Å². The van der Waals surface area contributed by atoms with E-state index in [-0.39, 0.29) is 0 Å². The topological polar surface area (TPSA) is 29.5 Å². The summed E-state index contributed by atoms with van der Waals surface area (Å²) >= 11 is 0. The average molecular weight is 284 g/mol. The van der Waals surface area contributed by atoms with Crippen molar-refractivity contribution in [1.82, 2.24) is 0 Å². The van der Waals surface area contributed by atoms with Crippen LogP contribution in [0, 0.1) is 27.7 Å². The first-order valence-corrected chi connectivity index (χ1v) is 7.27. The molecule has 0 fully saturated rings. The van der Waals surface area contributed by atoms with Crippen molar-refractivity contribution < 1.29 is 9.84 Å². The zero-order valence-corrected chi connectivity index (χ0v) is 13.7. The Bertz CT molecular complexity index is 641. The van der Waals surface area contributed by atoms with E-state index in [4.69, 9.17) is 4.74 Å². The molecule has 0 heterocycles. The molecular formula is C19H24O2. The standard InChI is InChI=1S/C19H24O2/c1-12-9-14(3)18(15(4)10-12)21-17-8-7-16(11-13(17)2)19(5,6)20/h7-11,20H,1-6H3. The Balaban J connectivity index is 2.37. The second-order valence-corrected chi connectivity index (χ2v) is 6.37. The number of aliphatic hydroxyl groups is 1. The monoisotopic (exact) mass is 284 g/mol. The van der Waals surface area contributed by atoms with Gasteiger partial charge in [0.1, 0.15) is 11.5 Å². The van der Waals surface area contributed by atoms with Crippen LogP contribution in [0.2, 0.25) is 0 Å². The molecule has 0 saturated heterocycles. The van der Waals surface area contributed by atoms with Crippen LogP contribution in [0.25, 0.3) is 0 Å².